The Hall–Kier alpha value is -4.22. The monoisotopic (exact) mass is 546 g/mol. The predicted molar refractivity (Wildman–Crippen MR) is 144 cm³/mol. The molecule has 0 spiro atoms. The van der Waals surface area contributed by atoms with Gasteiger partial charge in [-0.05, 0) is 48.0 Å². The lowest BCUT2D eigenvalue weighted by Gasteiger charge is -2.30. The van der Waals surface area contributed by atoms with Crippen LogP contribution in [0.25, 0.3) is 10.9 Å². The molecule has 0 fully saturated rings. The summed E-state index contributed by atoms with van der Waals surface area (Å²) in [7, 11) is -1.88. The topological polar surface area (TPSA) is 120 Å². The maximum absolute atomic E-state index is 12.9. The molecular formula is C28H26N4O6S. The number of hydrogen-bond acceptors (Lipinski definition) is 9. The van der Waals surface area contributed by atoms with E-state index in [1.807, 2.05) is 36.4 Å². The summed E-state index contributed by atoms with van der Waals surface area (Å²) in [6.07, 6.45) is 1.72. The first-order valence-corrected chi connectivity index (χ1v) is 14.1. The molecule has 6 rings (SSSR count). The number of sulfone groups is 1. The van der Waals surface area contributed by atoms with Gasteiger partial charge in [-0.15, -0.1) is 0 Å². The lowest BCUT2D eigenvalue weighted by molar-refractivity contribution is 0.0950. The Morgan fingerprint density at radius 3 is 2.87 bits per heavy atom. The number of rotatable bonds is 5. The summed E-state index contributed by atoms with van der Waals surface area (Å²) in [5.41, 5.74) is 3.06. The van der Waals surface area contributed by atoms with E-state index in [9.17, 15) is 13.2 Å². The van der Waals surface area contributed by atoms with Crippen LogP contribution in [0.3, 0.4) is 0 Å². The molecule has 0 saturated carbocycles. The highest BCUT2D eigenvalue weighted by Crippen LogP contribution is 2.38. The molecular weight excluding hydrogens is 520 g/mol. The van der Waals surface area contributed by atoms with Gasteiger partial charge in [-0.3, -0.25) is 9.78 Å². The Labute approximate surface area is 225 Å². The standard InChI is InChI=1S/C28H26N4O6S/c1-36-22-5-6-25-24(14-22)32(8-9-38-25)27-7-4-19-15-29-21(13-23(19)31-27)16-30-28(33)18-2-3-20-17-37-10-11-39(34,35)26(20)12-18/h2-7,12-15H,8-11,16-17H2,1H3,(H,30,33). The van der Waals surface area contributed by atoms with Crippen molar-refractivity contribution in [2.45, 2.75) is 18.0 Å². The SMILES string of the molecule is COc1ccc2c(c1)N(c1ccc3cnc(CNC(=O)c4ccc5c(c4)S(=O)(=O)CCOC5)cc3n1)CCO2. The fraction of sp³-hybridized carbons (Fsp3) is 0.250. The molecule has 0 aliphatic carbocycles. The highest BCUT2D eigenvalue weighted by molar-refractivity contribution is 7.91. The second kappa shape index (κ2) is 10.2. The largest absolute Gasteiger partial charge is 0.497 e. The van der Waals surface area contributed by atoms with Gasteiger partial charge in [0.25, 0.3) is 5.91 Å². The Morgan fingerprint density at radius 1 is 1.10 bits per heavy atom. The third-order valence-corrected chi connectivity index (χ3v) is 8.52. The summed E-state index contributed by atoms with van der Waals surface area (Å²) < 4.78 is 41.7. The number of ether oxygens (including phenoxy) is 3. The van der Waals surface area contributed by atoms with Crippen molar-refractivity contribution in [3.63, 3.8) is 0 Å². The number of pyridine rings is 2. The number of hydrogen-bond donors (Lipinski definition) is 1. The quantitative estimate of drug-likeness (QED) is 0.402. The first-order chi connectivity index (χ1) is 18.9. The van der Waals surface area contributed by atoms with Crippen molar-refractivity contribution in [3.8, 4) is 11.5 Å². The molecule has 0 unspecified atom stereocenters. The molecule has 2 aliphatic heterocycles. The van der Waals surface area contributed by atoms with Crippen LogP contribution >= 0.6 is 0 Å². The minimum absolute atomic E-state index is 0.106. The van der Waals surface area contributed by atoms with E-state index >= 15 is 0 Å². The normalized spacial score (nSPS) is 16.0. The lowest BCUT2D eigenvalue weighted by Crippen LogP contribution is -2.29. The molecule has 4 aromatic rings. The second-order valence-electron chi connectivity index (χ2n) is 9.25. The Morgan fingerprint density at radius 2 is 2.00 bits per heavy atom. The van der Waals surface area contributed by atoms with Gasteiger partial charge in [0.2, 0.25) is 0 Å². The molecule has 1 amide bonds. The van der Waals surface area contributed by atoms with Gasteiger partial charge in [0.05, 0.1) is 61.0 Å². The first kappa shape index (κ1) is 25.1. The molecule has 0 bridgehead atoms. The maximum Gasteiger partial charge on any atom is 0.251 e. The molecule has 39 heavy (non-hydrogen) atoms. The van der Waals surface area contributed by atoms with E-state index in [-0.39, 0.29) is 41.9 Å². The zero-order chi connectivity index (χ0) is 27.0. The molecule has 2 aromatic carbocycles. The van der Waals surface area contributed by atoms with Crippen LogP contribution in [0.2, 0.25) is 0 Å². The van der Waals surface area contributed by atoms with Crippen LogP contribution in [0.15, 0.2) is 65.7 Å². The fourth-order valence-electron chi connectivity index (χ4n) is 4.69. The van der Waals surface area contributed by atoms with Crippen LogP contribution in [-0.2, 0) is 27.7 Å². The lowest BCUT2D eigenvalue weighted by atomic mass is 10.1. The minimum atomic E-state index is -3.51. The number of fused-ring (bicyclic) bond motifs is 3. The van der Waals surface area contributed by atoms with Gasteiger partial charge in [-0.2, -0.15) is 0 Å². The summed E-state index contributed by atoms with van der Waals surface area (Å²) in [5, 5.41) is 3.70. The number of amides is 1. The number of nitrogens with one attached hydrogen (secondary N) is 1. The number of methoxy groups -OCH3 is 1. The van der Waals surface area contributed by atoms with E-state index in [0.29, 0.717) is 24.4 Å². The van der Waals surface area contributed by atoms with Crippen LogP contribution in [0, 0.1) is 0 Å². The summed E-state index contributed by atoms with van der Waals surface area (Å²) >= 11 is 0. The molecule has 0 saturated heterocycles. The average molecular weight is 547 g/mol. The smallest absolute Gasteiger partial charge is 0.251 e. The minimum Gasteiger partial charge on any atom is -0.497 e. The number of anilines is 2. The van der Waals surface area contributed by atoms with Crippen LogP contribution in [0.1, 0.15) is 21.6 Å². The number of carbonyl (C=O) groups excluding carboxylic acids is 1. The van der Waals surface area contributed by atoms with Gasteiger partial charge >= 0.3 is 0 Å². The third-order valence-electron chi connectivity index (χ3n) is 6.77. The Kier molecular flexibility index (Phi) is 6.53. The van der Waals surface area contributed by atoms with Gasteiger partial charge in [0.15, 0.2) is 9.84 Å². The van der Waals surface area contributed by atoms with Crippen molar-refractivity contribution >= 4 is 38.2 Å². The number of carbonyl (C=O) groups is 1. The van der Waals surface area contributed by atoms with E-state index in [0.717, 1.165) is 33.9 Å². The zero-order valence-corrected chi connectivity index (χ0v) is 22.0. The van der Waals surface area contributed by atoms with Crippen molar-refractivity contribution in [2.75, 3.05) is 37.5 Å². The molecule has 0 atom stereocenters. The van der Waals surface area contributed by atoms with Crippen molar-refractivity contribution in [3.05, 3.63) is 77.6 Å². The fourth-order valence-corrected chi connectivity index (χ4v) is 6.08. The van der Waals surface area contributed by atoms with E-state index < -0.39 is 9.84 Å². The van der Waals surface area contributed by atoms with E-state index in [1.54, 1.807) is 25.4 Å². The Bertz CT molecular complexity index is 1690. The van der Waals surface area contributed by atoms with Crippen molar-refractivity contribution < 1.29 is 27.4 Å². The summed E-state index contributed by atoms with van der Waals surface area (Å²) in [5.74, 6) is 1.76. The van der Waals surface area contributed by atoms with Crippen LogP contribution in [-0.4, -0.2) is 56.9 Å². The van der Waals surface area contributed by atoms with Gasteiger partial charge in [0.1, 0.15) is 23.9 Å². The van der Waals surface area contributed by atoms with Crippen molar-refractivity contribution in [1.29, 1.82) is 0 Å². The van der Waals surface area contributed by atoms with Crippen LogP contribution < -0.4 is 19.7 Å². The second-order valence-corrected chi connectivity index (χ2v) is 11.3. The molecule has 10 nitrogen and oxygen atoms in total. The molecule has 1 N–H and O–H groups in total. The number of benzene rings is 2. The van der Waals surface area contributed by atoms with Crippen molar-refractivity contribution in [1.82, 2.24) is 15.3 Å². The highest BCUT2D eigenvalue weighted by atomic mass is 32.2. The first-order valence-electron chi connectivity index (χ1n) is 12.5. The Balaban J connectivity index is 1.22. The predicted octanol–water partition coefficient (Wildman–Crippen LogP) is 3.40. The van der Waals surface area contributed by atoms with Crippen LogP contribution in [0.4, 0.5) is 11.5 Å². The number of nitrogens with zero attached hydrogens (tertiary/aromatic N) is 3. The summed E-state index contributed by atoms with van der Waals surface area (Å²) in [6.45, 7) is 1.66. The van der Waals surface area contributed by atoms with Gasteiger partial charge in [0, 0.05) is 23.2 Å². The molecule has 0 radical (unpaired) electrons. The molecule has 200 valence electrons. The number of aromatic nitrogens is 2. The van der Waals surface area contributed by atoms with E-state index in [1.165, 1.54) is 6.07 Å². The highest BCUT2D eigenvalue weighted by Gasteiger charge is 2.24. The zero-order valence-electron chi connectivity index (χ0n) is 21.2. The maximum atomic E-state index is 12.9. The van der Waals surface area contributed by atoms with Crippen molar-refractivity contribution in [2.24, 2.45) is 0 Å². The van der Waals surface area contributed by atoms with E-state index in [2.05, 4.69) is 15.2 Å². The van der Waals surface area contributed by atoms with Gasteiger partial charge < -0.3 is 24.4 Å². The summed E-state index contributed by atoms with van der Waals surface area (Å²) in [6, 6.07) is 16.1. The molecule has 11 heteroatoms. The third kappa shape index (κ3) is 4.98. The molecule has 2 aromatic heterocycles. The molecule has 4 heterocycles. The van der Waals surface area contributed by atoms with Gasteiger partial charge in [-0.1, -0.05) is 6.07 Å². The van der Waals surface area contributed by atoms with Gasteiger partial charge in [-0.25, -0.2) is 13.4 Å². The average Bonchev–Trinajstić information content (AvgIpc) is 3.12. The molecule has 2 aliphatic rings. The van der Waals surface area contributed by atoms with E-state index in [4.69, 9.17) is 19.2 Å². The summed E-state index contributed by atoms with van der Waals surface area (Å²) in [4.78, 5) is 24.4. The van der Waals surface area contributed by atoms with Crippen LogP contribution in [0.5, 0.6) is 11.5 Å².